The van der Waals surface area contributed by atoms with Crippen LogP contribution in [0.5, 0.6) is 11.5 Å². The van der Waals surface area contributed by atoms with Gasteiger partial charge in [0.1, 0.15) is 36.2 Å². The fourth-order valence-electron chi connectivity index (χ4n) is 3.96. The van der Waals surface area contributed by atoms with E-state index in [0.717, 1.165) is 29.8 Å². The minimum absolute atomic E-state index is 0.0695. The van der Waals surface area contributed by atoms with Crippen molar-refractivity contribution < 1.29 is 19.1 Å². The molecule has 4 rings (SSSR count). The highest BCUT2D eigenvalue weighted by Gasteiger charge is 2.13. The summed E-state index contributed by atoms with van der Waals surface area (Å²) in [5.74, 6) is 0.879. The largest absolute Gasteiger partial charge is 0.489 e. The van der Waals surface area contributed by atoms with Crippen LogP contribution >= 0.6 is 0 Å². The predicted molar refractivity (Wildman–Crippen MR) is 148 cm³/mol. The van der Waals surface area contributed by atoms with E-state index in [9.17, 15) is 0 Å². The quantitative estimate of drug-likeness (QED) is 0.117. The molecule has 4 N–H and O–H groups in total. The molecule has 0 aromatic heterocycles. The third-order valence-electron chi connectivity index (χ3n) is 6.03. The summed E-state index contributed by atoms with van der Waals surface area (Å²) in [4.78, 5) is 0. The minimum Gasteiger partial charge on any atom is -0.489 e. The third-order valence-corrected chi connectivity index (χ3v) is 6.03. The zero-order valence-corrected chi connectivity index (χ0v) is 21.2. The van der Waals surface area contributed by atoms with E-state index in [1.54, 1.807) is 36.4 Å². The van der Waals surface area contributed by atoms with Crippen LogP contribution in [-0.4, -0.2) is 43.4 Å². The molecule has 0 radical (unpaired) electrons. The van der Waals surface area contributed by atoms with Crippen LogP contribution in [0.1, 0.15) is 11.1 Å². The van der Waals surface area contributed by atoms with Gasteiger partial charge in [-0.25, -0.2) is 4.39 Å². The van der Waals surface area contributed by atoms with Gasteiger partial charge in [-0.05, 0) is 36.4 Å². The fourth-order valence-corrected chi connectivity index (χ4v) is 3.96. The summed E-state index contributed by atoms with van der Waals surface area (Å²) in [5.41, 5.74) is 3.83. The Labute approximate surface area is 221 Å². The number of benzene rings is 3. The van der Waals surface area contributed by atoms with Crippen LogP contribution in [0.15, 0.2) is 95.7 Å². The number of oxime groups is 1. The SMILES string of the molecule is CNCCNCc1ccc(OCc2cccc(-c3ccccc3)c2F)cc1OCC1=CC(=N)/C(=N\O)C=C1. The lowest BCUT2D eigenvalue weighted by Crippen LogP contribution is -2.24. The summed E-state index contributed by atoms with van der Waals surface area (Å²) in [6.45, 7) is 2.51. The average molecular weight is 515 g/mol. The molecule has 1 aliphatic carbocycles. The van der Waals surface area contributed by atoms with Crippen molar-refractivity contribution in [3.05, 3.63) is 107 Å². The molecule has 1 aliphatic rings. The summed E-state index contributed by atoms with van der Waals surface area (Å²) < 4.78 is 27.3. The van der Waals surface area contributed by atoms with E-state index in [4.69, 9.17) is 20.1 Å². The second kappa shape index (κ2) is 13.3. The normalized spacial score (nSPS) is 14.0. The highest BCUT2D eigenvalue weighted by Crippen LogP contribution is 2.29. The van der Waals surface area contributed by atoms with Crippen LogP contribution in [-0.2, 0) is 13.2 Å². The molecule has 196 valence electrons. The van der Waals surface area contributed by atoms with Gasteiger partial charge in [0.25, 0.3) is 0 Å². The highest BCUT2D eigenvalue weighted by molar-refractivity contribution is 6.50. The molecular weight excluding hydrogens is 483 g/mol. The second-order valence-corrected chi connectivity index (χ2v) is 8.72. The number of likely N-dealkylation sites (N-methyl/N-ethyl adjacent to an activating group) is 1. The van der Waals surface area contributed by atoms with Gasteiger partial charge in [-0.1, -0.05) is 65.8 Å². The molecule has 3 aromatic carbocycles. The van der Waals surface area contributed by atoms with Crippen molar-refractivity contribution in [2.45, 2.75) is 13.2 Å². The molecule has 38 heavy (non-hydrogen) atoms. The van der Waals surface area contributed by atoms with Crippen LogP contribution in [0, 0.1) is 11.2 Å². The monoisotopic (exact) mass is 514 g/mol. The molecular formula is C30H31FN4O3. The van der Waals surface area contributed by atoms with Crippen molar-refractivity contribution in [2.75, 3.05) is 26.7 Å². The number of ether oxygens (including phenoxy) is 2. The van der Waals surface area contributed by atoms with E-state index < -0.39 is 0 Å². The molecule has 0 heterocycles. The summed E-state index contributed by atoms with van der Waals surface area (Å²) in [6.07, 6.45) is 4.92. The third kappa shape index (κ3) is 6.94. The maximum Gasteiger partial charge on any atom is 0.137 e. The van der Waals surface area contributed by atoms with Crippen molar-refractivity contribution in [1.29, 1.82) is 5.41 Å². The van der Waals surface area contributed by atoms with Crippen LogP contribution in [0.2, 0.25) is 0 Å². The molecule has 0 atom stereocenters. The lowest BCUT2D eigenvalue weighted by Gasteiger charge is -2.16. The second-order valence-electron chi connectivity index (χ2n) is 8.72. The first-order valence-corrected chi connectivity index (χ1v) is 12.4. The molecule has 3 aromatic rings. The predicted octanol–water partition coefficient (Wildman–Crippen LogP) is 5.11. The van der Waals surface area contributed by atoms with Crippen molar-refractivity contribution >= 4 is 11.4 Å². The molecule has 0 fully saturated rings. The number of nitrogens with one attached hydrogen (secondary N) is 3. The van der Waals surface area contributed by atoms with Gasteiger partial charge in [0.05, 0.1) is 5.71 Å². The van der Waals surface area contributed by atoms with Gasteiger partial charge in [0.2, 0.25) is 0 Å². The molecule has 7 nitrogen and oxygen atoms in total. The number of hydrogen-bond donors (Lipinski definition) is 4. The standard InChI is InChI=1S/C30H31FN4O3/c1-33-14-15-34-18-23-11-12-25(17-29(23)38-19-21-10-13-28(35-36)27(32)16-21)37-20-24-8-5-9-26(30(24)31)22-6-3-2-4-7-22/h2-13,16-17,32-34,36H,14-15,18-20H2,1H3/b32-27?,35-28-. The zero-order chi connectivity index (χ0) is 26.7. The van der Waals surface area contributed by atoms with E-state index in [1.807, 2.05) is 55.6 Å². The first kappa shape index (κ1) is 26.8. The number of rotatable bonds is 12. The Hall–Kier alpha value is -4.27. The summed E-state index contributed by atoms with van der Waals surface area (Å²) in [6, 6.07) is 20.3. The minimum atomic E-state index is -0.301. The van der Waals surface area contributed by atoms with Crippen molar-refractivity contribution in [2.24, 2.45) is 5.16 Å². The number of nitrogens with zero attached hydrogens (tertiary/aromatic N) is 1. The summed E-state index contributed by atoms with van der Waals surface area (Å²) in [7, 11) is 1.90. The van der Waals surface area contributed by atoms with Gasteiger partial charge in [-0.2, -0.15) is 0 Å². The number of allylic oxidation sites excluding steroid dienone is 2. The van der Waals surface area contributed by atoms with Crippen LogP contribution in [0.25, 0.3) is 11.1 Å². The number of halogens is 1. The lowest BCUT2D eigenvalue weighted by atomic mass is 10.0. The van der Waals surface area contributed by atoms with Gasteiger partial charge in [-0.3, -0.25) is 5.41 Å². The molecule has 0 amide bonds. The fraction of sp³-hybridized carbons (Fsp3) is 0.200. The van der Waals surface area contributed by atoms with Gasteiger partial charge in [0.15, 0.2) is 0 Å². The van der Waals surface area contributed by atoms with E-state index in [2.05, 4.69) is 15.8 Å². The van der Waals surface area contributed by atoms with Crippen LogP contribution in [0.3, 0.4) is 0 Å². The first-order chi connectivity index (χ1) is 18.6. The lowest BCUT2D eigenvalue weighted by molar-refractivity contribution is 0.295. The Kier molecular flexibility index (Phi) is 9.39. The van der Waals surface area contributed by atoms with Crippen LogP contribution in [0.4, 0.5) is 4.39 Å². The van der Waals surface area contributed by atoms with Gasteiger partial charge in [-0.15, -0.1) is 0 Å². The van der Waals surface area contributed by atoms with E-state index in [-0.39, 0.29) is 30.5 Å². The van der Waals surface area contributed by atoms with Crippen molar-refractivity contribution in [1.82, 2.24) is 10.6 Å². The van der Waals surface area contributed by atoms with E-state index in [1.165, 1.54) is 0 Å². The first-order valence-electron chi connectivity index (χ1n) is 12.4. The van der Waals surface area contributed by atoms with Gasteiger partial charge >= 0.3 is 0 Å². The van der Waals surface area contributed by atoms with Gasteiger partial charge in [0, 0.05) is 42.4 Å². The highest BCUT2D eigenvalue weighted by atomic mass is 19.1. The number of hydrogen-bond acceptors (Lipinski definition) is 7. The van der Waals surface area contributed by atoms with Crippen molar-refractivity contribution in [3.63, 3.8) is 0 Å². The Morgan fingerprint density at radius 1 is 0.921 bits per heavy atom. The maximum atomic E-state index is 15.2. The Morgan fingerprint density at radius 3 is 2.53 bits per heavy atom. The Balaban J connectivity index is 1.48. The van der Waals surface area contributed by atoms with Gasteiger partial charge < -0.3 is 25.3 Å². The molecule has 0 aliphatic heterocycles. The topological polar surface area (TPSA) is 99.0 Å². The molecule has 0 saturated heterocycles. The van der Waals surface area contributed by atoms with E-state index >= 15 is 4.39 Å². The molecule has 0 unspecified atom stereocenters. The van der Waals surface area contributed by atoms with Crippen molar-refractivity contribution in [3.8, 4) is 22.6 Å². The summed E-state index contributed by atoms with van der Waals surface area (Å²) in [5, 5.41) is 26.5. The van der Waals surface area contributed by atoms with Crippen LogP contribution < -0.4 is 20.1 Å². The smallest absolute Gasteiger partial charge is 0.137 e. The molecule has 0 spiro atoms. The zero-order valence-electron chi connectivity index (χ0n) is 21.2. The molecule has 0 saturated carbocycles. The molecule has 8 heteroatoms. The van der Waals surface area contributed by atoms with E-state index in [0.29, 0.717) is 29.2 Å². The maximum absolute atomic E-state index is 15.2. The Morgan fingerprint density at radius 2 is 1.76 bits per heavy atom. The summed E-state index contributed by atoms with van der Waals surface area (Å²) >= 11 is 0. The Bertz CT molecular complexity index is 1350. The molecule has 0 bridgehead atoms. The average Bonchev–Trinajstić information content (AvgIpc) is 2.95.